The van der Waals surface area contributed by atoms with Crippen molar-refractivity contribution in [3.05, 3.63) is 16.1 Å². The Kier molecular flexibility index (Phi) is 4.95. The average molecular weight is 253 g/mol. The topological polar surface area (TPSA) is 42.1 Å². The first-order chi connectivity index (χ1) is 8.33. The van der Waals surface area contributed by atoms with E-state index in [1.54, 1.807) is 0 Å². The van der Waals surface area contributed by atoms with E-state index in [2.05, 4.69) is 17.2 Å². The Bertz CT molecular complexity index is 329. The molecule has 0 atom stereocenters. The summed E-state index contributed by atoms with van der Waals surface area (Å²) in [6.07, 6.45) is 4.82. The van der Waals surface area contributed by atoms with E-state index < -0.39 is 0 Å². The molecule has 17 heavy (non-hydrogen) atoms. The summed E-state index contributed by atoms with van der Waals surface area (Å²) in [4.78, 5) is 7.24. The predicted molar refractivity (Wildman–Crippen MR) is 73.6 cm³/mol. The highest BCUT2D eigenvalue weighted by Gasteiger charge is 2.22. The molecule has 1 saturated heterocycles. The zero-order chi connectivity index (χ0) is 12.1. The lowest BCUT2D eigenvalue weighted by molar-refractivity contribution is 0.217. The molecule has 0 radical (unpaired) electrons. The van der Waals surface area contributed by atoms with Crippen molar-refractivity contribution in [3.8, 4) is 0 Å². The van der Waals surface area contributed by atoms with Gasteiger partial charge in [-0.05, 0) is 32.4 Å². The number of rotatable bonds is 5. The maximum absolute atomic E-state index is 5.59. The van der Waals surface area contributed by atoms with Crippen molar-refractivity contribution in [1.29, 1.82) is 0 Å². The zero-order valence-electron chi connectivity index (χ0n) is 10.7. The summed E-state index contributed by atoms with van der Waals surface area (Å²) >= 11 is 1.86. The van der Waals surface area contributed by atoms with Crippen LogP contribution in [0.25, 0.3) is 0 Å². The standard InChI is InChI=1S/C13H23N3S/c1-2-3-12-10-17-13(15-12)11-4-7-16(8-5-11)9-6-14/h10-11H,2-9,14H2,1H3. The molecule has 0 bridgehead atoms. The number of hydrogen-bond donors (Lipinski definition) is 1. The number of likely N-dealkylation sites (tertiary alicyclic amines) is 1. The molecule has 1 aliphatic heterocycles. The fraction of sp³-hybridized carbons (Fsp3) is 0.769. The summed E-state index contributed by atoms with van der Waals surface area (Å²) in [5, 5.41) is 3.60. The molecule has 1 aromatic heterocycles. The lowest BCUT2D eigenvalue weighted by atomic mass is 9.97. The van der Waals surface area contributed by atoms with Crippen LogP contribution in [0.2, 0.25) is 0 Å². The molecule has 4 heteroatoms. The van der Waals surface area contributed by atoms with Gasteiger partial charge in [0, 0.05) is 24.4 Å². The normalized spacial score (nSPS) is 18.7. The van der Waals surface area contributed by atoms with Crippen molar-refractivity contribution in [2.75, 3.05) is 26.2 Å². The number of aryl methyl sites for hydroxylation is 1. The molecule has 1 fully saturated rings. The number of nitrogens with zero attached hydrogens (tertiary/aromatic N) is 2. The van der Waals surface area contributed by atoms with Crippen LogP contribution in [-0.4, -0.2) is 36.1 Å². The second-order valence-electron chi connectivity index (χ2n) is 4.83. The van der Waals surface area contributed by atoms with Gasteiger partial charge in [-0.2, -0.15) is 0 Å². The minimum absolute atomic E-state index is 0.694. The molecule has 1 aliphatic rings. The lowest BCUT2D eigenvalue weighted by Crippen LogP contribution is -2.36. The minimum atomic E-state index is 0.694. The van der Waals surface area contributed by atoms with Gasteiger partial charge in [0.1, 0.15) is 0 Å². The fourth-order valence-electron chi connectivity index (χ4n) is 2.47. The van der Waals surface area contributed by atoms with Gasteiger partial charge in [0.25, 0.3) is 0 Å². The maximum Gasteiger partial charge on any atom is 0.0960 e. The van der Waals surface area contributed by atoms with Crippen LogP contribution < -0.4 is 5.73 Å². The van der Waals surface area contributed by atoms with Gasteiger partial charge in [0.2, 0.25) is 0 Å². The molecule has 0 spiro atoms. The highest BCUT2D eigenvalue weighted by molar-refractivity contribution is 7.09. The summed E-state index contributed by atoms with van der Waals surface area (Å²) in [6, 6.07) is 0. The number of thiazole rings is 1. The van der Waals surface area contributed by atoms with Crippen LogP contribution >= 0.6 is 11.3 Å². The molecule has 0 aromatic carbocycles. The molecule has 0 aliphatic carbocycles. The second kappa shape index (κ2) is 6.47. The van der Waals surface area contributed by atoms with Crippen molar-refractivity contribution in [2.24, 2.45) is 5.73 Å². The van der Waals surface area contributed by atoms with E-state index in [0.29, 0.717) is 5.92 Å². The van der Waals surface area contributed by atoms with Gasteiger partial charge < -0.3 is 10.6 Å². The Labute approximate surface area is 108 Å². The van der Waals surface area contributed by atoms with E-state index in [-0.39, 0.29) is 0 Å². The van der Waals surface area contributed by atoms with E-state index in [0.717, 1.165) is 19.5 Å². The molecular formula is C13H23N3S. The van der Waals surface area contributed by atoms with E-state index in [1.807, 2.05) is 11.3 Å². The molecule has 3 nitrogen and oxygen atoms in total. The highest BCUT2D eigenvalue weighted by Crippen LogP contribution is 2.30. The van der Waals surface area contributed by atoms with Crippen LogP contribution in [0.15, 0.2) is 5.38 Å². The van der Waals surface area contributed by atoms with E-state index in [4.69, 9.17) is 10.7 Å². The largest absolute Gasteiger partial charge is 0.329 e. The van der Waals surface area contributed by atoms with Gasteiger partial charge in [-0.25, -0.2) is 4.98 Å². The minimum Gasteiger partial charge on any atom is -0.329 e. The van der Waals surface area contributed by atoms with Gasteiger partial charge in [-0.15, -0.1) is 11.3 Å². The summed E-state index contributed by atoms with van der Waals surface area (Å²) in [5.41, 5.74) is 6.88. The van der Waals surface area contributed by atoms with Crippen LogP contribution in [0, 0.1) is 0 Å². The van der Waals surface area contributed by atoms with Crippen LogP contribution in [0.4, 0.5) is 0 Å². The lowest BCUT2D eigenvalue weighted by Gasteiger charge is -2.30. The average Bonchev–Trinajstić information content (AvgIpc) is 2.80. The first-order valence-corrected chi connectivity index (χ1v) is 7.58. The van der Waals surface area contributed by atoms with Gasteiger partial charge in [0.05, 0.1) is 10.7 Å². The first-order valence-electron chi connectivity index (χ1n) is 6.70. The predicted octanol–water partition coefficient (Wildman–Crippen LogP) is 2.23. The molecule has 2 N–H and O–H groups in total. The summed E-state index contributed by atoms with van der Waals surface area (Å²) in [5.74, 6) is 0.694. The number of hydrogen-bond acceptors (Lipinski definition) is 4. The number of nitrogens with two attached hydrogens (primary N) is 1. The number of piperidine rings is 1. The van der Waals surface area contributed by atoms with Crippen molar-refractivity contribution >= 4 is 11.3 Å². The van der Waals surface area contributed by atoms with Gasteiger partial charge in [-0.3, -0.25) is 0 Å². The zero-order valence-corrected chi connectivity index (χ0v) is 11.5. The monoisotopic (exact) mass is 253 g/mol. The second-order valence-corrected chi connectivity index (χ2v) is 5.72. The van der Waals surface area contributed by atoms with Crippen molar-refractivity contribution in [1.82, 2.24) is 9.88 Å². The van der Waals surface area contributed by atoms with Crippen LogP contribution in [0.1, 0.15) is 42.8 Å². The van der Waals surface area contributed by atoms with Crippen LogP contribution in [0.5, 0.6) is 0 Å². The quantitative estimate of drug-likeness (QED) is 0.875. The van der Waals surface area contributed by atoms with Crippen molar-refractivity contribution in [3.63, 3.8) is 0 Å². The third-order valence-corrected chi connectivity index (χ3v) is 4.51. The van der Waals surface area contributed by atoms with Gasteiger partial charge >= 0.3 is 0 Å². The molecule has 2 heterocycles. The van der Waals surface area contributed by atoms with Crippen molar-refractivity contribution in [2.45, 2.75) is 38.5 Å². The molecule has 1 aromatic rings. The van der Waals surface area contributed by atoms with E-state index in [1.165, 1.54) is 43.1 Å². The van der Waals surface area contributed by atoms with E-state index in [9.17, 15) is 0 Å². The summed E-state index contributed by atoms with van der Waals surface area (Å²) in [7, 11) is 0. The Morgan fingerprint density at radius 2 is 2.24 bits per heavy atom. The smallest absolute Gasteiger partial charge is 0.0960 e. The highest BCUT2D eigenvalue weighted by atomic mass is 32.1. The first kappa shape index (κ1) is 13.0. The third kappa shape index (κ3) is 3.50. The van der Waals surface area contributed by atoms with Crippen molar-refractivity contribution < 1.29 is 0 Å². The summed E-state index contributed by atoms with van der Waals surface area (Å²) < 4.78 is 0. The van der Waals surface area contributed by atoms with Gasteiger partial charge in [0.15, 0.2) is 0 Å². The Hall–Kier alpha value is -0.450. The molecular weight excluding hydrogens is 230 g/mol. The molecule has 0 unspecified atom stereocenters. The maximum atomic E-state index is 5.59. The van der Waals surface area contributed by atoms with E-state index >= 15 is 0 Å². The van der Waals surface area contributed by atoms with Gasteiger partial charge in [-0.1, -0.05) is 13.3 Å². The Morgan fingerprint density at radius 1 is 1.47 bits per heavy atom. The Balaban J connectivity index is 1.86. The van der Waals surface area contributed by atoms with Crippen LogP contribution in [0.3, 0.4) is 0 Å². The molecule has 0 saturated carbocycles. The number of aromatic nitrogens is 1. The SMILES string of the molecule is CCCc1csc(C2CCN(CCN)CC2)n1. The molecule has 0 amide bonds. The molecule has 96 valence electrons. The Morgan fingerprint density at radius 3 is 2.88 bits per heavy atom. The van der Waals surface area contributed by atoms with Crippen LogP contribution in [-0.2, 0) is 6.42 Å². The fourth-order valence-corrected chi connectivity index (χ4v) is 3.49. The summed E-state index contributed by atoms with van der Waals surface area (Å²) in [6.45, 7) is 6.41. The molecule has 2 rings (SSSR count). The third-order valence-electron chi connectivity index (χ3n) is 3.46.